The van der Waals surface area contributed by atoms with Crippen LogP contribution in [0.2, 0.25) is 0 Å². The van der Waals surface area contributed by atoms with Crippen LogP contribution in [0.1, 0.15) is 62.4 Å². The van der Waals surface area contributed by atoms with Crippen LogP contribution >= 0.6 is 0 Å². The van der Waals surface area contributed by atoms with Crippen molar-refractivity contribution in [2.75, 3.05) is 12.4 Å². The van der Waals surface area contributed by atoms with Gasteiger partial charge in [-0.15, -0.1) is 0 Å². The van der Waals surface area contributed by atoms with Crippen LogP contribution in [-0.2, 0) is 0 Å². The number of hydrogen-bond donors (Lipinski definition) is 1. The highest BCUT2D eigenvalue weighted by molar-refractivity contribution is 5.37. The molecular weight excluding hydrogens is 210 g/mol. The number of aromatic nitrogens is 2. The molecular formula is C14H21N3. The molecule has 2 unspecified atom stereocenters. The van der Waals surface area contributed by atoms with Crippen LogP contribution < -0.4 is 5.32 Å². The maximum atomic E-state index is 4.82. The van der Waals surface area contributed by atoms with Crippen molar-refractivity contribution < 1.29 is 0 Å². The Bertz CT molecular complexity index is 410. The van der Waals surface area contributed by atoms with E-state index in [4.69, 9.17) is 4.98 Å². The molecule has 3 heteroatoms. The monoisotopic (exact) mass is 231 g/mol. The molecule has 0 aromatic carbocycles. The van der Waals surface area contributed by atoms with E-state index in [1.54, 1.807) is 0 Å². The van der Waals surface area contributed by atoms with Crippen LogP contribution in [0.25, 0.3) is 0 Å². The Hall–Kier alpha value is -1.12. The molecule has 1 aromatic rings. The molecule has 2 fully saturated rings. The van der Waals surface area contributed by atoms with Gasteiger partial charge in [0, 0.05) is 30.6 Å². The quantitative estimate of drug-likeness (QED) is 0.867. The van der Waals surface area contributed by atoms with Gasteiger partial charge in [0.05, 0.1) is 0 Å². The Labute approximate surface area is 103 Å². The molecule has 3 nitrogen and oxygen atoms in total. The lowest BCUT2D eigenvalue weighted by Gasteiger charge is -2.12. The van der Waals surface area contributed by atoms with Crippen molar-refractivity contribution in [1.29, 1.82) is 0 Å². The van der Waals surface area contributed by atoms with Gasteiger partial charge in [-0.25, -0.2) is 9.97 Å². The van der Waals surface area contributed by atoms with E-state index < -0.39 is 0 Å². The Balaban J connectivity index is 1.91. The van der Waals surface area contributed by atoms with Gasteiger partial charge in [0.25, 0.3) is 0 Å². The van der Waals surface area contributed by atoms with Gasteiger partial charge in [-0.1, -0.05) is 19.8 Å². The van der Waals surface area contributed by atoms with Crippen molar-refractivity contribution in [3.8, 4) is 0 Å². The SMILES string of the molecule is CNc1cc(C2CCCC2)nc(C2CC2C)n1. The Morgan fingerprint density at radius 1 is 1.24 bits per heavy atom. The average molecular weight is 231 g/mol. The van der Waals surface area contributed by atoms with Crippen molar-refractivity contribution in [2.24, 2.45) is 5.92 Å². The molecule has 3 rings (SSSR count). The molecule has 2 saturated carbocycles. The van der Waals surface area contributed by atoms with E-state index in [0.29, 0.717) is 11.8 Å². The van der Waals surface area contributed by atoms with Crippen molar-refractivity contribution in [1.82, 2.24) is 9.97 Å². The van der Waals surface area contributed by atoms with Crippen LogP contribution in [-0.4, -0.2) is 17.0 Å². The lowest BCUT2D eigenvalue weighted by molar-refractivity contribution is 0.681. The van der Waals surface area contributed by atoms with Crippen molar-refractivity contribution >= 4 is 5.82 Å². The first kappa shape index (κ1) is 11.0. The van der Waals surface area contributed by atoms with E-state index in [0.717, 1.165) is 17.6 Å². The second kappa shape index (κ2) is 4.28. The lowest BCUT2D eigenvalue weighted by Crippen LogP contribution is -2.05. The predicted octanol–water partition coefficient (Wildman–Crippen LogP) is 3.30. The van der Waals surface area contributed by atoms with Crippen molar-refractivity contribution in [3.05, 3.63) is 17.6 Å². The standard InChI is InChI=1S/C14H21N3/c1-9-7-11(9)14-16-12(8-13(15-2)17-14)10-5-3-4-6-10/h8-11H,3-7H2,1-2H3,(H,15,16,17). The molecule has 0 spiro atoms. The molecule has 1 heterocycles. The van der Waals surface area contributed by atoms with Gasteiger partial charge in [0.15, 0.2) is 0 Å². The van der Waals surface area contributed by atoms with E-state index >= 15 is 0 Å². The number of rotatable bonds is 3. The fourth-order valence-electron chi connectivity index (χ4n) is 2.89. The highest BCUT2D eigenvalue weighted by Crippen LogP contribution is 2.46. The molecule has 17 heavy (non-hydrogen) atoms. The summed E-state index contributed by atoms with van der Waals surface area (Å²) in [7, 11) is 1.95. The van der Waals surface area contributed by atoms with Gasteiger partial charge < -0.3 is 5.32 Å². The highest BCUT2D eigenvalue weighted by atomic mass is 15.0. The van der Waals surface area contributed by atoms with Crippen LogP contribution in [0.5, 0.6) is 0 Å². The number of nitrogens with one attached hydrogen (secondary N) is 1. The van der Waals surface area contributed by atoms with Crippen LogP contribution in [0.3, 0.4) is 0 Å². The first-order valence-electron chi connectivity index (χ1n) is 6.84. The smallest absolute Gasteiger partial charge is 0.134 e. The first-order valence-corrected chi connectivity index (χ1v) is 6.84. The van der Waals surface area contributed by atoms with Gasteiger partial charge >= 0.3 is 0 Å². The zero-order chi connectivity index (χ0) is 11.8. The molecule has 1 N–H and O–H groups in total. The predicted molar refractivity (Wildman–Crippen MR) is 69.3 cm³/mol. The second-order valence-corrected chi connectivity index (χ2v) is 5.59. The third-order valence-corrected chi connectivity index (χ3v) is 4.23. The maximum Gasteiger partial charge on any atom is 0.134 e. The third kappa shape index (κ3) is 2.15. The minimum atomic E-state index is 0.614. The van der Waals surface area contributed by atoms with Gasteiger partial charge in [-0.2, -0.15) is 0 Å². The van der Waals surface area contributed by atoms with E-state index in [2.05, 4.69) is 23.3 Å². The number of nitrogens with zero attached hydrogens (tertiary/aromatic N) is 2. The van der Waals surface area contributed by atoms with Crippen molar-refractivity contribution in [2.45, 2.75) is 50.9 Å². The molecule has 0 aliphatic heterocycles. The minimum absolute atomic E-state index is 0.614. The largest absolute Gasteiger partial charge is 0.373 e. The zero-order valence-electron chi connectivity index (χ0n) is 10.7. The summed E-state index contributed by atoms with van der Waals surface area (Å²) in [5.74, 6) is 4.14. The van der Waals surface area contributed by atoms with Gasteiger partial charge in [-0.3, -0.25) is 0 Å². The topological polar surface area (TPSA) is 37.8 Å². The van der Waals surface area contributed by atoms with Gasteiger partial charge in [0.1, 0.15) is 11.6 Å². The van der Waals surface area contributed by atoms with Crippen LogP contribution in [0.4, 0.5) is 5.82 Å². The van der Waals surface area contributed by atoms with E-state index in [-0.39, 0.29) is 0 Å². The van der Waals surface area contributed by atoms with E-state index in [1.165, 1.54) is 37.8 Å². The van der Waals surface area contributed by atoms with E-state index in [1.807, 2.05) is 7.05 Å². The summed E-state index contributed by atoms with van der Waals surface area (Å²) in [6, 6.07) is 2.15. The number of anilines is 1. The number of hydrogen-bond acceptors (Lipinski definition) is 3. The fourth-order valence-corrected chi connectivity index (χ4v) is 2.89. The minimum Gasteiger partial charge on any atom is -0.373 e. The molecule has 92 valence electrons. The lowest BCUT2D eigenvalue weighted by atomic mass is 10.0. The zero-order valence-corrected chi connectivity index (χ0v) is 10.7. The molecule has 2 aliphatic rings. The summed E-state index contributed by atoms with van der Waals surface area (Å²) in [4.78, 5) is 9.44. The van der Waals surface area contributed by atoms with Crippen LogP contribution in [0.15, 0.2) is 6.07 Å². The molecule has 1 aromatic heterocycles. The average Bonchev–Trinajstić information content (AvgIpc) is 2.87. The highest BCUT2D eigenvalue weighted by Gasteiger charge is 2.37. The Morgan fingerprint density at radius 3 is 2.53 bits per heavy atom. The summed E-state index contributed by atoms with van der Waals surface area (Å²) < 4.78 is 0. The molecule has 0 radical (unpaired) electrons. The van der Waals surface area contributed by atoms with Crippen molar-refractivity contribution in [3.63, 3.8) is 0 Å². The molecule has 0 amide bonds. The van der Waals surface area contributed by atoms with Gasteiger partial charge in [0.2, 0.25) is 0 Å². The Kier molecular flexibility index (Phi) is 2.77. The van der Waals surface area contributed by atoms with E-state index in [9.17, 15) is 0 Å². The second-order valence-electron chi connectivity index (χ2n) is 5.59. The molecule has 0 bridgehead atoms. The third-order valence-electron chi connectivity index (χ3n) is 4.23. The summed E-state index contributed by atoms with van der Waals surface area (Å²) in [6.45, 7) is 2.29. The molecule has 2 atom stereocenters. The summed E-state index contributed by atoms with van der Waals surface area (Å²) in [6.07, 6.45) is 6.59. The summed E-state index contributed by atoms with van der Waals surface area (Å²) >= 11 is 0. The summed E-state index contributed by atoms with van der Waals surface area (Å²) in [5, 5.41) is 3.18. The van der Waals surface area contributed by atoms with Gasteiger partial charge in [-0.05, 0) is 25.2 Å². The normalized spacial score (nSPS) is 28.4. The fraction of sp³-hybridized carbons (Fsp3) is 0.714. The molecule has 0 saturated heterocycles. The summed E-state index contributed by atoms with van der Waals surface area (Å²) in [5.41, 5.74) is 1.27. The maximum absolute atomic E-state index is 4.82. The van der Waals surface area contributed by atoms with Crippen LogP contribution in [0, 0.1) is 5.92 Å². The Morgan fingerprint density at radius 2 is 1.94 bits per heavy atom. The molecule has 2 aliphatic carbocycles. The first-order chi connectivity index (χ1) is 8.28.